The summed E-state index contributed by atoms with van der Waals surface area (Å²) in [7, 11) is 0. The van der Waals surface area contributed by atoms with Gasteiger partial charge in [-0.25, -0.2) is 8.78 Å². The van der Waals surface area contributed by atoms with Crippen LogP contribution in [-0.4, -0.2) is 5.91 Å². The van der Waals surface area contributed by atoms with E-state index in [1.165, 1.54) is 0 Å². The van der Waals surface area contributed by atoms with E-state index in [1.54, 1.807) is 31.2 Å². The fourth-order valence-corrected chi connectivity index (χ4v) is 2.01. The van der Waals surface area contributed by atoms with Gasteiger partial charge >= 0.3 is 0 Å². The van der Waals surface area contributed by atoms with Crippen molar-refractivity contribution in [1.29, 1.82) is 5.26 Å². The minimum absolute atomic E-state index is 0.0594. The van der Waals surface area contributed by atoms with Gasteiger partial charge in [0.15, 0.2) is 0 Å². The summed E-state index contributed by atoms with van der Waals surface area (Å²) in [5.41, 5.74) is 0.776. The number of rotatable bonds is 4. The highest BCUT2D eigenvalue weighted by Gasteiger charge is 2.12. The van der Waals surface area contributed by atoms with Crippen molar-refractivity contribution in [3.05, 3.63) is 70.4 Å². The molecule has 0 radical (unpaired) electrons. The quantitative estimate of drug-likeness (QED) is 0.637. The van der Waals surface area contributed by atoms with Gasteiger partial charge in [0.2, 0.25) is 0 Å². The van der Waals surface area contributed by atoms with Gasteiger partial charge in [0.25, 0.3) is 5.91 Å². The van der Waals surface area contributed by atoms with Crippen molar-refractivity contribution in [2.75, 3.05) is 10.6 Å². The molecule has 0 saturated carbocycles. The van der Waals surface area contributed by atoms with E-state index >= 15 is 0 Å². The van der Waals surface area contributed by atoms with Crippen molar-refractivity contribution in [2.45, 2.75) is 6.92 Å². The molecule has 2 aromatic carbocycles. The number of hydrogen-bond acceptors (Lipinski definition) is 3. The van der Waals surface area contributed by atoms with Gasteiger partial charge in [0.05, 0.1) is 5.69 Å². The summed E-state index contributed by atoms with van der Waals surface area (Å²) < 4.78 is 26.4. The number of nitrogens with one attached hydrogen (secondary N) is 2. The number of halogens is 3. The Balaban J connectivity index is 2.17. The van der Waals surface area contributed by atoms with Crippen LogP contribution in [0.5, 0.6) is 0 Å². The molecule has 0 bridgehead atoms. The lowest BCUT2D eigenvalue weighted by atomic mass is 10.2. The molecule has 2 N–H and O–H groups in total. The molecule has 0 heterocycles. The van der Waals surface area contributed by atoms with Gasteiger partial charge in [-0.05, 0) is 36.8 Å². The van der Waals surface area contributed by atoms with Gasteiger partial charge < -0.3 is 10.6 Å². The number of hydrogen-bond donors (Lipinski definition) is 2. The largest absolute Gasteiger partial charge is 0.358 e. The SMILES string of the molecule is Cc1c(Cl)cccc1NC(=O)/C(C#N)=C\Nc1ccc(F)cc1F. The molecule has 0 aliphatic heterocycles. The number of benzene rings is 2. The van der Waals surface area contributed by atoms with Crippen LogP contribution in [0.1, 0.15) is 5.56 Å². The third-order valence-electron chi connectivity index (χ3n) is 3.18. The van der Waals surface area contributed by atoms with E-state index in [2.05, 4.69) is 10.6 Å². The van der Waals surface area contributed by atoms with Crippen LogP contribution in [0.2, 0.25) is 5.02 Å². The smallest absolute Gasteiger partial charge is 0.267 e. The van der Waals surface area contributed by atoms with Gasteiger partial charge in [-0.3, -0.25) is 4.79 Å². The number of nitriles is 1. The predicted octanol–water partition coefficient (Wildman–Crippen LogP) is 4.38. The molecule has 4 nitrogen and oxygen atoms in total. The molecular weight excluding hydrogens is 336 g/mol. The summed E-state index contributed by atoms with van der Waals surface area (Å²) in [5.74, 6) is -2.25. The summed E-state index contributed by atoms with van der Waals surface area (Å²) in [4.78, 5) is 12.1. The molecule has 2 rings (SSSR count). The first-order valence-corrected chi connectivity index (χ1v) is 7.18. The molecule has 24 heavy (non-hydrogen) atoms. The van der Waals surface area contributed by atoms with E-state index in [9.17, 15) is 13.6 Å². The second kappa shape index (κ2) is 7.57. The molecule has 0 aliphatic carbocycles. The van der Waals surface area contributed by atoms with E-state index < -0.39 is 17.5 Å². The van der Waals surface area contributed by atoms with E-state index in [0.29, 0.717) is 22.3 Å². The lowest BCUT2D eigenvalue weighted by Crippen LogP contribution is -2.15. The summed E-state index contributed by atoms with van der Waals surface area (Å²) in [6.45, 7) is 1.72. The predicted molar refractivity (Wildman–Crippen MR) is 88.5 cm³/mol. The Morgan fingerprint density at radius 1 is 1.25 bits per heavy atom. The molecule has 122 valence electrons. The molecule has 7 heteroatoms. The van der Waals surface area contributed by atoms with Gasteiger partial charge in [0, 0.05) is 23.0 Å². The minimum Gasteiger partial charge on any atom is -0.358 e. The Hall–Kier alpha value is -2.91. The average Bonchev–Trinajstić information content (AvgIpc) is 2.54. The number of carbonyl (C=O) groups excluding carboxylic acids is 1. The van der Waals surface area contributed by atoms with Crippen LogP contribution < -0.4 is 10.6 Å². The minimum atomic E-state index is -0.838. The van der Waals surface area contributed by atoms with E-state index in [4.69, 9.17) is 16.9 Å². The van der Waals surface area contributed by atoms with Crippen molar-refractivity contribution in [3.63, 3.8) is 0 Å². The van der Waals surface area contributed by atoms with Crippen molar-refractivity contribution < 1.29 is 13.6 Å². The number of nitrogens with zero attached hydrogens (tertiary/aromatic N) is 1. The highest BCUT2D eigenvalue weighted by atomic mass is 35.5. The summed E-state index contributed by atoms with van der Waals surface area (Å²) in [5, 5.41) is 14.6. The summed E-state index contributed by atoms with van der Waals surface area (Å²) in [6, 6.07) is 9.60. The standard InChI is InChI=1S/C17H12ClF2N3O/c1-10-13(18)3-2-4-15(10)23-17(24)11(8-21)9-22-16-6-5-12(19)7-14(16)20/h2-7,9,22H,1H3,(H,23,24)/b11-9-. The Kier molecular flexibility index (Phi) is 5.51. The topological polar surface area (TPSA) is 64.9 Å². The third-order valence-corrected chi connectivity index (χ3v) is 3.59. The molecule has 0 spiro atoms. The second-order valence-electron chi connectivity index (χ2n) is 4.80. The number of amides is 1. The third kappa shape index (κ3) is 4.09. The van der Waals surface area contributed by atoms with Gasteiger partial charge in [0.1, 0.15) is 23.3 Å². The Bertz CT molecular complexity index is 859. The van der Waals surface area contributed by atoms with Gasteiger partial charge in [-0.2, -0.15) is 5.26 Å². The van der Waals surface area contributed by atoms with Gasteiger partial charge in [-0.1, -0.05) is 17.7 Å². The fourth-order valence-electron chi connectivity index (χ4n) is 1.84. The number of anilines is 2. The van der Waals surface area contributed by atoms with Crippen LogP contribution in [-0.2, 0) is 4.79 Å². The maximum atomic E-state index is 13.5. The zero-order valence-corrected chi connectivity index (χ0v) is 13.3. The first kappa shape index (κ1) is 17.4. The van der Waals surface area contributed by atoms with Crippen molar-refractivity contribution in [1.82, 2.24) is 0 Å². The highest BCUT2D eigenvalue weighted by Crippen LogP contribution is 2.23. The van der Waals surface area contributed by atoms with Crippen LogP contribution >= 0.6 is 11.6 Å². The van der Waals surface area contributed by atoms with Crippen LogP contribution in [0.25, 0.3) is 0 Å². The molecule has 0 unspecified atom stereocenters. The van der Waals surface area contributed by atoms with Gasteiger partial charge in [-0.15, -0.1) is 0 Å². The molecular formula is C17H12ClF2N3O. The van der Waals surface area contributed by atoms with Crippen LogP contribution in [0.4, 0.5) is 20.2 Å². The molecule has 0 aliphatic rings. The van der Waals surface area contributed by atoms with Crippen molar-refractivity contribution in [2.24, 2.45) is 0 Å². The lowest BCUT2D eigenvalue weighted by molar-refractivity contribution is -0.112. The molecule has 0 atom stereocenters. The van der Waals surface area contributed by atoms with Crippen molar-refractivity contribution in [3.8, 4) is 6.07 Å². The fraction of sp³-hybridized carbons (Fsp3) is 0.0588. The van der Waals surface area contributed by atoms with Crippen LogP contribution in [0.15, 0.2) is 48.2 Å². The second-order valence-corrected chi connectivity index (χ2v) is 5.21. The normalized spacial score (nSPS) is 10.9. The molecule has 0 fully saturated rings. The maximum Gasteiger partial charge on any atom is 0.267 e. The van der Waals surface area contributed by atoms with E-state index in [1.807, 2.05) is 0 Å². The Morgan fingerprint density at radius 3 is 2.67 bits per heavy atom. The number of carbonyl (C=O) groups is 1. The Morgan fingerprint density at radius 2 is 2.00 bits per heavy atom. The van der Waals surface area contributed by atoms with E-state index in [-0.39, 0.29) is 11.3 Å². The monoisotopic (exact) mass is 347 g/mol. The summed E-state index contributed by atoms with van der Waals surface area (Å²) in [6.07, 6.45) is 1.05. The highest BCUT2D eigenvalue weighted by molar-refractivity contribution is 6.31. The zero-order chi connectivity index (χ0) is 17.7. The zero-order valence-electron chi connectivity index (χ0n) is 12.5. The first-order chi connectivity index (χ1) is 11.4. The van der Waals surface area contributed by atoms with E-state index in [0.717, 1.165) is 18.3 Å². The summed E-state index contributed by atoms with van der Waals surface area (Å²) >= 11 is 5.97. The molecule has 0 saturated heterocycles. The Labute approximate surface area is 142 Å². The molecule has 2 aromatic rings. The first-order valence-electron chi connectivity index (χ1n) is 6.80. The average molecular weight is 348 g/mol. The maximum absolute atomic E-state index is 13.5. The van der Waals surface area contributed by atoms with Crippen LogP contribution in [0, 0.1) is 29.9 Å². The molecule has 0 aromatic heterocycles. The van der Waals surface area contributed by atoms with Crippen molar-refractivity contribution >= 4 is 28.9 Å². The van der Waals surface area contributed by atoms with Crippen LogP contribution in [0.3, 0.4) is 0 Å². The molecule has 1 amide bonds. The lowest BCUT2D eigenvalue weighted by Gasteiger charge is -2.09.